The predicted octanol–water partition coefficient (Wildman–Crippen LogP) is 1.46. The van der Waals surface area contributed by atoms with Crippen LogP contribution in [-0.2, 0) is 0 Å². The minimum Gasteiger partial charge on any atom is -0.493 e. The summed E-state index contributed by atoms with van der Waals surface area (Å²) < 4.78 is 15.5. The molecule has 0 aliphatic carbocycles. The largest absolute Gasteiger partial charge is 0.493 e. The molecule has 0 fully saturated rings. The maximum Gasteiger partial charge on any atom is 0.164 e. The van der Waals surface area contributed by atoms with Gasteiger partial charge in [0, 0.05) is 6.07 Å². The van der Waals surface area contributed by atoms with E-state index >= 15 is 0 Å². The average molecular weight is 212 g/mol. The van der Waals surface area contributed by atoms with Gasteiger partial charge in [-0.05, 0) is 19.1 Å². The molecular formula is C11H16O4. The van der Waals surface area contributed by atoms with Crippen LogP contribution in [0.5, 0.6) is 17.2 Å². The molecule has 0 aliphatic heterocycles. The van der Waals surface area contributed by atoms with Gasteiger partial charge in [-0.2, -0.15) is 0 Å². The molecule has 0 aliphatic rings. The smallest absolute Gasteiger partial charge is 0.164 e. The topological polar surface area (TPSA) is 47.9 Å². The molecule has 1 rings (SSSR count). The number of aliphatic hydroxyl groups is 1. The molecule has 4 heteroatoms. The molecule has 0 heterocycles. The number of hydrogen-bond donors (Lipinski definition) is 1. The van der Waals surface area contributed by atoms with Gasteiger partial charge in [0.2, 0.25) is 0 Å². The molecule has 15 heavy (non-hydrogen) atoms. The normalized spacial score (nSPS) is 12.0. The Bertz CT molecular complexity index is 309. The lowest BCUT2D eigenvalue weighted by Crippen LogP contribution is -2.12. The van der Waals surface area contributed by atoms with Crippen LogP contribution in [0.2, 0.25) is 0 Å². The molecule has 84 valence electrons. The molecule has 0 spiro atoms. The van der Waals surface area contributed by atoms with Gasteiger partial charge in [-0.25, -0.2) is 0 Å². The molecule has 0 amide bonds. The Labute approximate surface area is 89.4 Å². The van der Waals surface area contributed by atoms with Crippen LogP contribution in [0.4, 0.5) is 0 Å². The first-order valence-electron chi connectivity index (χ1n) is 4.70. The van der Waals surface area contributed by atoms with Crippen LogP contribution >= 0.6 is 0 Å². The van der Waals surface area contributed by atoms with Gasteiger partial charge in [-0.3, -0.25) is 0 Å². The van der Waals surface area contributed by atoms with Crippen molar-refractivity contribution < 1.29 is 19.3 Å². The van der Waals surface area contributed by atoms with E-state index in [9.17, 15) is 0 Å². The summed E-state index contributed by atoms with van der Waals surface area (Å²) in [5.74, 6) is 1.91. The molecule has 0 radical (unpaired) electrons. The van der Waals surface area contributed by atoms with Crippen LogP contribution in [0.15, 0.2) is 18.2 Å². The summed E-state index contributed by atoms with van der Waals surface area (Å²) in [4.78, 5) is 0. The summed E-state index contributed by atoms with van der Waals surface area (Å²) >= 11 is 0. The molecular weight excluding hydrogens is 196 g/mol. The summed E-state index contributed by atoms with van der Waals surface area (Å²) in [7, 11) is 3.14. The van der Waals surface area contributed by atoms with E-state index in [1.807, 2.05) is 0 Å². The van der Waals surface area contributed by atoms with E-state index in [2.05, 4.69) is 0 Å². The zero-order valence-corrected chi connectivity index (χ0v) is 9.19. The monoisotopic (exact) mass is 212 g/mol. The molecule has 1 aromatic rings. The highest BCUT2D eigenvalue weighted by Gasteiger charge is 2.05. The van der Waals surface area contributed by atoms with Crippen LogP contribution in [0.25, 0.3) is 0 Å². The Hall–Kier alpha value is -1.42. The Morgan fingerprint density at radius 3 is 2.40 bits per heavy atom. The number of methoxy groups -OCH3 is 2. The first-order valence-corrected chi connectivity index (χ1v) is 4.70. The lowest BCUT2D eigenvalue weighted by atomic mass is 10.3. The van der Waals surface area contributed by atoms with Crippen molar-refractivity contribution in [2.75, 3.05) is 20.8 Å². The van der Waals surface area contributed by atoms with Gasteiger partial charge in [-0.1, -0.05) is 0 Å². The molecule has 0 saturated heterocycles. The van der Waals surface area contributed by atoms with E-state index < -0.39 is 6.10 Å². The predicted molar refractivity (Wildman–Crippen MR) is 56.7 cm³/mol. The third kappa shape index (κ3) is 3.32. The molecule has 0 bridgehead atoms. The van der Waals surface area contributed by atoms with Crippen LogP contribution < -0.4 is 14.2 Å². The fourth-order valence-corrected chi connectivity index (χ4v) is 1.12. The molecule has 1 aromatic carbocycles. The van der Waals surface area contributed by atoms with Crippen molar-refractivity contribution in [3.05, 3.63) is 18.2 Å². The van der Waals surface area contributed by atoms with Crippen molar-refractivity contribution in [3.8, 4) is 17.2 Å². The second kappa shape index (κ2) is 5.46. The molecule has 1 N–H and O–H groups in total. The Kier molecular flexibility index (Phi) is 4.24. The highest BCUT2D eigenvalue weighted by molar-refractivity contribution is 5.45. The SMILES string of the molecule is COc1ccc(OCC(C)O)cc1OC. The minimum atomic E-state index is -0.488. The number of hydrogen-bond acceptors (Lipinski definition) is 4. The van der Waals surface area contributed by atoms with Crippen LogP contribution in [-0.4, -0.2) is 32.0 Å². The third-order valence-electron chi connectivity index (χ3n) is 1.85. The lowest BCUT2D eigenvalue weighted by Gasteiger charge is -2.11. The van der Waals surface area contributed by atoms with Gasteiger partial charge in [0.25, 0.3) is 0 Å². The standard InChI is InChI=1S/C11H16O4/c1-8(12)7-15-9-4-5-10(13-2)11(6-9)14-3/h4-6,8,12H,7H2,1-3H3. The first-order chi connectivity index (χ1) is 7.17. The minimum absolute atomic E-state index is 0.259. The lowest BCUT2D eigenvalue weighted by molar-refractivity contribution is 0.122. The molecule has 1 atom stereocenters. The highest BCUT2D eigenvalue weighted by Crippen LogP contribution is 2.30. The summed E-state index contributed by atoms with van der Waals surface area (Å²) in [6, 6.07) is 5.25. The quantitative estimate of drug-likeness (QED) is 0.802. The van der Waals surface area contributed by atoms with Gasteiger partial charge in [0.15, 0.2) is 11.5 Å². The van der Waals surface area contributed by atoms with Gasteiger partial charge in [0.1, 0.15) is 12.4 Å². The van der Waals surface area contributed by atoms with E-state index in [-0.39, 0.29) is 6.61 Å². The fraction of sp³-hybridized carbons (Fsp3) is 0.455. The van der Waals surface area contributed by atoms with Gasteiger partial charge in [-0.15, -0.1) is 0 Å². The van der Waals surface area contributed by atoms with E-state index in [0.717, 1.165) is 0 Å². The number of aliphatic hydroxyl groups excluding tert-OH is 1. The number of ether oxygens (including phenoxy) is 3. The third-order valence-corrected chi connectivity index (χ3v) is 1.85. The second-order valence-corrected chi connectivity index (χ2v) is 3.18. The Morgan fingerprint density at radius 1 is 1.20 bits per heavy atom. The summed E-state index contributed by atoms with van der Waals surface area (Å²) in [6.07, 6.45) is -0.488. The van der Waals surface area contributed by atoms with Crippen molar-refractivity contribution in [1.29, 1.82) is 0 Å². The van der Waals surface area contributed by atoms with Crippen molar-refractivity contribution in [2.45, 2.75) is 13.0 Å². The second-order valence-electron chi connectivity index (χ2n) is 3.18. The van der Waals surface area contributed by atoms with E-state index in [1.54, 1.807) is 39.3 Å². The van der Waals surface area contributed by atoms with Gasteiger partial charge < -0.3 is 19.3 Å². The number of rotatable bonds is 5. The van der Waals surface area contributed by atoms with E-state index in [0.29, 0.717) is 17.2 Å². The summed E-state index contributed by atoms with van der Waals surface area (Å²) in [5, 5.41) is 9.06. The van der Waals surface area contributed by atoms with Crippen molar-refractivity contribution in [2.24, 2.45) is 0 Å². The van der Waals surface area contributed by atoms with E-state index in [4.69, 9.17) is 19.3 Å². The zero-order valence-electron chi connectivity index (χ0n) is 9.19. The van der Waals surface area contributed by atoms with Crippen LogP contribution in [0.1, 0.15) is 6.92 Å². The van der Waals surface area contributed by atoms with Crippen molar-refractivity contribution in [1.82, 2.24) is 0 Å². The molecule has 0 saturated carbocycles. The summed E-state index contributed by atoms with van der Waals surface area (Å²) in [6.45, 7) is 1.93. The molecule has 4 nitrogen and oxygen atoms in total. The highest BCUT2D eigenvalue weighted by atomic mass is 16.5. The molecule has 0 aromatic heterocycles. The van der Waals surface area contributed by atoms with Gasteiger partial charge >= 0.3 is 0 Å². The maximum atomic E-state index is 9.06. The summed E-state index contributed by atoms with van der Waals surface area (Å²) in [5.41, 5.74) is 0. The first kappa shape index (κ1) is 11.7. The molecule has 1 unspecified atom stereocenters. The maximum absolute atomic E-state index is 9.06. The van der Waals surface area contributed by atoms with Crippen molar-refractivity contribution >= 4 is 0 Å². The zero-order chi connectivity index (χ0) is 11.3. The van der Waals surface area contributed by atoms with Crippen LogP contribution in [0, 0.1) is 0 Å². The average Bonchev–Trinajstić information content (AvgIpc) is 2.25. The van der Waals surface area contributed by atoms with Gasteiger partial charge in [0.05, 0.1) is 20.3 Å². The fourth-order valence-electron chi connectivity index (χ4n) is 1.12. The van der Waals surface area contributed by atoms with Crippen molar-refractivity contribution in [3.63, 3.8) is 0 Å². The van der Waals surface area contributed by atoms with E-state index in [1.165, 1.54) is 0 Å². The van der Waals surface area contributed by atoms with Crippen LogP contribution in [0.3, 0.4) is 0 Å². The Morgan fingerprint density at radius 2 is 1.87 bits per heavy atom. The number of benzene rings is 1. The Balaban J connectivity index is 2.74.